The summed E-state index contributed by atoms with van der Waals surface area (Å²) in [4.78, 5) is 74.7. The first-order chi connectivity index (χ1) is 17.4. The zero-order chi connectivity index (χ0) is 27.7. The molecule has 0 saturated carbocycles. The Labute approximate surface area is 215 Å². The molecule has 0 radical (unpaired) electrons. The van der Waals surface area contributed by atoms with Crippen LogP contribution in [0, 0.1) is 0 Å². The molecular weight excluding hydrogens is 508 g/mol. The van der Waals surface area contributed by atoms with Gasteiger partial charge in [0, 0.05) is 29.3 Å². The van der Waals surface area contributed by atoms with Crippen LogP contribution in [0.15, 0.2) is 30.5 Å². The van der Waals surface area contributed by atoms with Gasteiger partial charge in [-0.05, 0) is 11.6 Å². The van der Waals surface area contributed by atoms with Crippen molar-refractivity contribution >= 4 is 59.1 Å². The summed E-state index contributed by atoms with van der Waals surface area (Å²) in [5, 5.41) is 25.9. The number of aromatic amines is 1. The molecule has 200 valence electrons. The van der Waals surface area contributed by atoms with Crippen molar-refractivity contribution in [1.29, 1.82) is 0 Å². The van der Waals surface area contributed by atoms with Crippen LogP contribution in [0.2, 0.25) is 0 Å². The van der Waals surface area contributed by atoms with E-state index in [4.69, 9.17) is 16.6 Å². The smallest absolute Gasteiger partial charge is 0.326 e. The van der Waals surface area contributed by atoms with Gasteiger partial charge in [-0.3, -0.25) is 24.0 Å². The average Bonchev–Trinajstić information content (AvgIpc) is 3.23. The molecule has 37 heavy (non-hydrogen) atoms. The van der Waals surface area contributed by atoms with Crippen LogP contribution in [0.1, 0.15) is 18.4 Å². The maximum absolute atomic E-state index is 13.0. The van der Waals surface area contributed by atoms with Gasteiger partial charge < -0.3 is 42.6 Å². The van der Waals surface area contributed by atoms with Crippen LogP contribution in [-0.2, 0) is 35.2 Å². The molecule has 15 heteroatoms. The van der Waals surface area contributed by atoms with E-state index in [1.165, 1.54) is 0 Å². The van der Waals surface area contributed by atoms with Crippen molar-refractivity contribution in [3.63, 3.8) is 0 Å². The van der Waals surface area contributed by atoms with Gasteiger partial charge in [0.15, 0.2) is 0 Å². The third-order valence-corrected chi connectivity index (χ3v) is 5.66. The summed E-state index contributed by atoms with van der Waals surface area (Å²) < 4.78 is 0. The second-order valence-corrected chi connectivity index (χ2v) is 8.51. The predicted molar refractivity (Wildman–Crippen MR) is 133 cm³/mol. The lowest BCUT2D eigenvalue weighted by Crippen LogP contribution is -2.58. The van der Waals surface area contributed by atoms with E-state index < -0.39 is 72.6 Å². The monoisotopic (exact) mass is 536 g/mol. The maximum Gasteiger partial charge on any atom is 0.326 e. The van der Waals surface area contributed by atoms with Crippen LogP contribution in [0.25, 0.3) is 10.9 Å². The standard InChI is InChI=1S/C22H28N6O8S/c23-12(6-17(24)29)19(32)28-16(9-37)21(34)26-14(20(33)27-15(22(35)36)7-18(30)31)5-10-8-25-13-4-2-1-3-11(10)13/h1-4,8,12,14-16,25,37H,5-7,9,23H2,(H2,24,29)(H,26,34)(H,27,33)(H,28,32)(H,30,31)(H,35,36). The topological polar surface area (TPSA) is 247 Å². The van der Waals surface area contributed by atoms with Crippen LogP contribution in [-0.4, -0.2) is 80.7 Å². The van der Waals surface area contributed by atoms with Gasteiger partial charge in [0.25, 0.3) is 0 Å². The third kappa shape index (κ3) is 8.50. The summed E-state index contributed by atoms with van der Waals surface area (Å²) in [6.45, 7) is 0. The van der Waals surface area contributed by atoms with Crippen LogP contribution in [0.4, 0.5) is 0 Å². The first-order valence-corrected chi connectivity index (χ1v) is 11.6. The van der Waals surface area contributed by atoms with E-state index in [1.54, 1.807) is 30.5 Å². The van der Waals surface area contributed by atoms with Gasteiger partial charge in [0.2, 0.25) is 23.6 Å². The molecule has 4 unspecified atom stereocenters. The normalized spacial score (nSPS) is 14.1. The minimum absolute atomic E-state index is 0.102. The van der Waals surface area contributed by atoms with Crippen LogP contribution >= 0.6 is 12.6 Å². The fraction of sp³-hybridized carbons (Fsp3) is 0.364. The van der Waals surface area contributed by atoms with Crippen LogP contribution in [0.5, 0.6) is 0 Å². The van der Waals surface area contributed by atoms with Crippen molar-refractivity contribution in [2.45, 2.75) is 43.4 Å². The number of fused-ring (bicyclic) bond motifs is 1. The lowest BCUT2D eigenvalue weighted by atomic mass is 10.0. The number of carbonyl (C=O) groups is 6. The number of primary amides is 1. The molecule has 0 saturated heterocycles. The first-order valence-electron chi connectivity index (χ1n) is 11.0. The summed E-state index contributed by atoms with van der Waals surface area (Å²) >= 11 is 4.04. The Morgan fingerprint density at radius 3 is 2.08 bits per heavy atom. The van der Waals surface area contributed by atoms with E-state index >= 15 is 0 Å². The number of aromatic nitrogens is 1. The summed E-state index contributed by atoms with van der Waals surface area (Å²) in [5.74, 6) is -6.70. The SMILES string of the molecule is NC(=O)CC(N)C(=O)NC(CS)C(=O)NC(Cc1c[nH]c2ccccc12)C(=O)NC(CC(=O)O)C(=O)O. The minimum atomic E-state index is -1.75. The van der Waals surface area contributed by atoms with Gasteiger partial charge in [-0.1, -0.05) is 18.2 Å². The van der Waals surface area contributed by atoms with E-state index in [1.807, 2.05) is 0 Å². The number of carbonyl (C=O) groups excluding carboxylic acids is 4. The van der Waals surface area contributed by atoms with Gasteiger partial charge in [0.1, 0.15) is 18.1 Å². The number of nitrogens with one attached hydrogen (secondary N) is 4. The molecule has 1 aromatic carbocycles. The lowest BCUT2D eigenvalue weighted by Gasteiger charge is -2.24. The maximum atomic E-state index is 13.0. The van der Waals surface area contributed by atoms with Crippen molar-refractivity contribution in [2.24, 2.45) is 11.5 Å². The Hall–Kier alpha value is -4.11. The number of H-pyrrole nitrogens is 1. The summed E-state index contributed by atoms with van der Waals surface area (Å²) in [6.07, 6.45) is 0.166. The number of carboxylic acid groups (broad SMARTS) is 2. The Bertz CT molecular complexity index is 1180. The molecule has 10 N–H and O–H groups in total. The van der Waals surface area contributed by atoms with E-state index in [9.17, 15) is 33.9 Å². The van der Waals surface area contributed by atoms with Crippen molar-refractivity contribution in [2.75, 3.05) is 5.75 Å². The van der Waals surface area contributed by atoms with Gasteiger partial charge in [-0.2, -0.15) is 12.6 Å². The number of para-hydroxylation sites is 1. The number of nitrogens with two attached hydrogens (primary N) is 2. The third-order valence-electron chi connectivity index (χ3n) is 5.30. The Morgan fingerprint density at radius 2 is 1.49 bits per heavy atom. The molecule has 1 aromatic heterocycles. The molecule has 4 atom stereocenters. The van der Waals surface area contributed by atoms with Crippen molar-refractivity contribution in [3.8, 4) is 0 Å². The van der Waals surface area contributed by atoms with E-state index in [2.05, 4.69) is 33.6 Å². The van der Waals surface area contributed by atoms with Crippen LogP contribution < -0.4 is 27.4 Å². The molecule has 0 aliphatic heterocycles. The number of aliphatic carboxylic acids is 2. The fourth-order valence-corrected chi connectivity index (χ4v) is 3.69. The summed E-state index contributed by atoms with van der Waals surface area (Å²) in [5.41, 5.74) is 12.0. The quantitative estimate of drug-likeness (QED) is 0.119. The van der Waals surface area contributed by atoms with Crippen molar-refractivity contribution in [3.05, 3.63) is 36.0 Å². The van der Waals surface area contributed by atoms with Crippen molar-refractivity contribution < 1.29 is 39.0 Å². The zero-order valence-corrected chi connectivity index (χ0v) is 20.4. The molecule has 4 amide bonds. The molecule has 0 aliphatic rings. The Balaban J connectivity index is 2.27. The summed E-state index contributed by atoms with van der Waals surface area (Å²) in [7, 11) is 0. The van der Waals surface area contributed by atoms with E-state index in [0.29, 0.717) is 5.56 Å². The highest BCUT2D eigenvalue weighted by Gasteiger charge is 2.31. The largest absolute Gasteiger partial charge is 0.481 e. The molecule has 2 rings (SSSR count). The van der Waals surface area contributed by atoms with Gasteiger partial charge in [-0.15, -0.1) is 0 Å². The highest BCUT2D eigenvalue weighted by molar-refractivity contribution is 7.80. The van der Waals surface area contributed by atoms with Crippen molar-refractivity contribution in [1.82, 2.24) is 20.9 Å². The molecule has 0 fully saturated rings. The molecule has 14 nitrogen and oxygen atoms in total. The highest BCUT2D eigenvalue weighted by Crippen LogP contribution is 2.19. The second kappa shape index (κ2) is 13.3. The summed E-state index contributed by atoms with van der Waals surface area (Å²) in [6, 6.07) is 1.43. The average molecular weight is 537 g/mol. The molecule has 0 aliphatic carbocycles. The number of carboxylic acids is 2. The molecule has 0 bridgehead atoms. The van der Waals surface area contributed by atoms with Crippen LogP contribution in [0.3, 0.4) is 0 Å². The van der Waals surface area contributed by atoms with Gasteiger partial charge >= 0.3 is 11.9 Å². The van der Waals surface area contributed by atoms with Gasteiger partial charge in [0.05, 0.1) is 18.9 Å². The predicted octanol–water partition coefficient (Wildman–Crippen LogP) is -2.14. The Kier molecular flexibility index (Phi) is 10.4. The highest BCUT2D eigenvalue weighted by atomic mass is 32.1. The second-order valence-electron chi connectivity index (χ2n) is 8.14. The minimum Gasteiger partial charge on any atom is -0.481 e. The number of hydrogen-bond donors (Lipinski definition) is 9. The van der Waals surface area contributed by atoms with E-state index in [-0.39, 0.29) is 12.2 Å². The zero-order valence-electron chi connectivity index (χ0n) is 19.5. The Morgan fingerprint density at radius 1 is 0.892 bits per heavy atom. The molecular formula is C22H28N6O8S. The number of hydrogen-bond acceptors (Lipinski definition) is 8. The number of rotatable bonds is 14. The van der Waals surface area contributed by atoms with Gasteiger partial charge in [-0.25, -0.2) is 4.79 Å². The molecule has 1 heterocycles. The molecule has 2 aromatic rings. The molecule has 0 spiro atoms. The lowest BCUT2D eigenvalue weighted by molar-refractivity contribution is -0.147. The first kappa shape index (κ1) is 29.1. The number of benzene rings is 1. The number of amides is 4. The van der Waals surface area contributed by atoms with E-state index in [0.717, 1.165) is 10.9 Å². The fourth-order valence-electron chi connectivity index (χ4n) is 3.43. The number of thiol groups is 1.